The Hall–Kier alpha value is -1.29. The highest BCUT2D eigenvalue weighted by Crippen LogP contribution is 2.41. The van der Waals surface area contributed by atoms with Gasteiger partial charge in [0.1, 0.15) is 0 Å². The molecule has 23 heavy (non-hydrogen) atoms. The molecule has 2 N–H and O–H groups in total. The molecule has 1 aliphatic heterocycles. The van der Waals surface area contributed by atoms with E-state index in [-0.39, 0.29) is 0 Å². The third kappa shape index (κ3) is 4.60. The molecule has 1 fully saturated rings. The first-order chi connectivity index (χ1) is 11.4. The van der Waals surface area contributed by atoms with Gasteiger partial charge in [0.25, 0.3) is 0 Å². The van der Waals surface area contributed by atoms with Gasteiger partial charge in [-0.05, 0) is 37.1 Å². The van der Waals surface area contributed by atoms with E-state index in [4.69, 9.17) is 5.73 Å². The van der Waals surface area contributed by atoms with Crippen LogP contribution in [0.2, 0.25) is 0 Å². The summed E-state index contributed by atoms with van der Waals surface area (Å²) in [5.41, 5.74) is 8.50. The fourth-order valence-corrected chi connectivity index (χ4v) is 4.75. The number of likely N-dealkylation sites (tertiary alicyclic amines) is 1. The molecule has 2 aromatic carbocycles. The Kier molecular flexibility index (Phi) is 6.14. The summed E-state index contributed by atoms with van der Waals surface area (Å²) in [5.74, 6) is 0. The molecule has 0 aliphatic carbocycles. The molecule has 2 aromatic rings. The quantitative estimate of drug-likeness (QED) is 0.872. The molecule has 0 atom stereocenters. The first-order valence-electron chi connectivity index (χ1n) is 8.54. The fourth-order valence-electron chi connectivity index (χ4n) is 3.25. The molecule has 0 radical (unpaired) electrons. The molecule has 3 heteroatoms. The predicted octanol–water partition coefficient (Wildman–Crippen LogP) is 3.93. The van der Waals surface area contributed by atoms with E-state index in [9.17, 15) is 0 Å². The van der Waals surface area contributed by atoms with Crippen LogP contribution in [0.1, 0.15) is 29.2 Å². The van der Waals surface area contributed by atoms with Crippen LogP contribution >= 0.6 is 11.8 Å². The lowest BCUT2D eigenvalue weighted by molar-refractivity contribution is 0.239. The maximum Gasteiger partial charge on any atom is 0.0549 e. The molecule has 1 saturated heterocycles. The second-order valence-electron chi connectivity index (χ2n) is 6.17. The predicted molar refractivity (Wildman–Crippen MR) is 101 cm³/mol. The number of thioether (sulfide) groups is 1. The molecule has 0 spiro atoms. The van der Waals surface area contributed by atoms with Gasteiger partial charge in [-0.3, -0.25) is 0 Å². The normalized spacial score (nSPS) is 16.8. The van der Waals surface area contributed by atoms with E-state index >= 15 is 0 Å². The van der Waals surface area contributed by atoms with Crippen molar-refractivity contribution in [1.29, 1.82) is 0 Å². The zero-order valence-electron chi connectivity index (χ0n) is 13.6. The van der Waals surface area contributed by atoms with Gasteiger partial charge in [-0.15, -0.1) is 11.8 Å². The van der Waals surface area contributed by atoms with Gasteiger partial charge in [0.15, 0.2) is 0 Å². The zero-order valence-corrected chi connectivity index (χ0v) is 14.4. The van der Waals surface area contributed by atoms with Crippen molar-refractivity contribution in [2.75, 3.05) is 26.2 Å². The average Bonchev–Trinajstić information content (AvgIpc) is 2.63. The van der Waals surface area contributed by atoms with Gasteiger partial charge in [-0.2, -0.15) is 0 Å². The Labute approximate surface area is 144 Å². The van der Waals surface area contributed by atoms with Crippen molar-refractivity contribution in [2.45, 2.75) is 23.3 Å². The molecule has 0 amide bonds. The lowest BCUT2D eigenvalue weighted by atomic mass is 10.0. The third-order valence-corrected chi connectivity index (χ3v) is 6.19. The van der Waals surface area contributed by atoms with Gasteiger partial charge in [0.2, 0.25) is 0 Å². The zero-order chi connectivity index (χ0) is 15.9. The number of hydrogen-bond donors (Lipinski definition) is 1. The molecule has 0 aromatic heterocycles. The Morgan fingerprint density at radius 3 is 1.91 bits per heavy atom. The fraction of sp³-hybridized carbons (Fsp3) is 0.400. The largest absolute Gasteiger partial charge is 0.329 e. The minimum Gasteiger partial charge on any atom is -0.329 e. The lowest BCUT2D eigenvalue weighted by Crippen LogP contribution is -2.38. The molecule has 122 valence electrons. The minimum atomic E-state index is 0.434. The summed E-state index contributed by atoms with van der Waals surface area (Å²) < 4.78 is 0. The minimum absolute atomic E-state index is 0.434. The number of rotatable bonds is 6. The van der Waals surface area contributed by atoms with Gasteiger partial charge in [0.05, 0.1) is 5.25 Å². The maximum absolute atomic E-state index is 5.68. The number of piperidine rings is 1. The highest BCUT2D eigenvalue weighted by atomic mass is 32.2. The topological polar surface area (TPSA) is 29.3 Å². The van der Waals surface area contributed by atoms with Gasteiger partial charge in [-0.25, -0.2) is 0 Å². The number of nitrogens with zero attached hydrogens (tertiary/aromatic N) is 1. The van der Waals surface area contributed by atoms with Gasteiger partial charge in [0, 0.05) is 18.3 Å². The van der Waals surface area contributed by atoms with Crippen LogP contribution in [0.3, 0.4) is 0 Å². The van der Waals surface area contributed by atoms with Crippen LogP contribution in [-0.4, -0.2) is 36.3 Å². The van der Waals surface area contributed by atoms with Crippen LogP contribution < -0.4 is 5.73 Å². The van der Waals surface area contributed by atoms with E-state index < -0.39 is 0 Å². The highest BCUT2D eigenvalue weighted by Gasteiger charge is 2.24. The van der Waals surface area contributed by atoms with Crippen LogP contribution in [0.5, 0.6) is 0 Å². The highest BCUT2D eigenvalue weighted by molar-refractivity contribution is 8.00. The van der Waals surface area contributed by atoms with Crippen molar-refractivity contribution >= 4 is 11.8 Å². The van der Waals surface area contributed by atoms with Crippen molar-refractivity contribution in [1.82, 2.24) is 4.90 Å². The van der Waals surface area contributed by atoms with Crippen LogP contribution in [-0.2, 0) is 0 Å². The summed E-state index contributed by atoms with van der Waals surface area (Å²) in [5, 5.41) is 1.16. The standard InChI is InChI=1S/C20H26N2S/c21-13-16-22-14-11-19(12-15-22)23-20(17-7-3-1-4-8-17)18-9-5-2-6-10-18/h1-10,19-20H,11-16,21H2. The van der Waals surface area contributed by atoms with Crippen molar-refractivity contribution in [2.24, 2.45) is 5.73 Å². The van der Waals surface area contributed by atoms with Crippen LogP contribution in [0.15, 0.2) is 60.7 Å². The molecular weight excluding hydrogens is 300 g/mol. The number of benzene rings is 2. The average molecular weight is 327 g/mol. The third-order valence-electron chi connectivity index (χ3n) is 4.51. The molecule has 3 rings (SSSR count). The van der Waals surface area contributed by atoms with Crippen LogP contribution in [0.4, 0.5) is 0 Å². The molecule has 1 aliphatic rings. The molecule has 0 saturated carbocycles. The van der Waals surface area contributed by atoms with E-state index in [0.717, 1.165) is 18.3 Å². The van der Waals surface area contributed by atoms with Crippen molar-refractivity contribution in [3.63, 3.8) is 0 Å². The van der Waals surface area contributed by atoms with E-state index in [2.05, 4.69) is 77.3 Å². The molecule has 2 nitrogen and oxygen atoms in total. The summed E-state index contributed by atoms with van der Waals surface area (Å²) >= 11 is 2.13. The molecule has 0 bridgehead atoms. The summed E-state index contributed by atoms with van der Waals surface area (Å²) in [7, 11) is 0. The SMILES string of the molecule is NCCN1CCC(SC(c2ccccc2)c2ccccc2)CC1. The second-order valence-corrected chi connectivity index (χ2v) is 7.58. The Bertz CT molecular complexity index is 525. The maximum atomic E-state index is 5.68. The van der Waals surface area contributed by atoms with Gasteiger partial charge < -0.3 is 10.6 Å². The molecule has 1 heterocycles. The first-order valence-corrected chi connectivity index (χ1v) is 9.49. The summed E-state index contributed by atoms with van der Waals surface area (Å²) in [6.07, 6.45) is 2.53. The van der Waals surface area contributed by atoms with Crippen molar-refractivity contribution in [3.05, 3.63) is 71.8 Å². The smallest absolute Gasteiger partial charge is 0.0549 e. The van der Waals surface area contributed by atoms with Crippen molar-refractivity contribution < 1.29 is 0 Å². The number of nitrogens with two attached hydrogens (primary N) is 1. The lowest BCUT2D eigenvalue weighted by Gasteiger charge is -2.33. The van der Waals surface area contributed by atoms with Gasteiger partial charge in [-0.1, -0.05) is 60.7 Å². The first kappa shape index (κ1) is 16.6. The van der Waals surface area contributed by atoms with Crippen LogP contribution in [0, 0.1) is 0 Å². The summed E-state index contributed by atoms with van der Waals surface area (Å²) in [6.45, 7) is 4.18. The Morgan fingerprint density at radius 2 is 1.43 bits per heavy atom. The monoisotopic (exact) mass is 326 g/mol. The molecule has 0 unspecified atom stereocenters. The second kappa shape index (κ2) is 8.53. The van der Waals surface area contributed by atoms with Crippen LogP contribution in [0.25, 0.3) is 0 Å². The van der Waals surface area contributed by atoms with E-state index in [1.807, 2.05) is 0 Å². The Morgan fingerprint density at radius 1 is 0.913 bits per heavy atom. The van der Waals surface area contributed by atoms with E-state index in [1.54, 1.807) is 0 Å². The van der Waals surface area contributed by atoms with Gasteiger partial charge >= 0.3 is 0 Å². The number of hydrogen-bond acceptors (Lipinski definition) is 3. The van der Waals surface area contributed by atoms with E-state index in [1.165, 1.54) is 37.1 Å². The molecular formula is C20H26N2S. The summed E-state index contributed by atoms with van der Waals surface area (Å²) in [4.78, 5) is 2.50. The Balaban J connectivity index is 1.70. The van der Waals surface area contributed by atoms with E-state index in [0.29, 0.717) is 5.25 Å². The summed E-state index contributed by atoms with van der Waals surface area (Å²) in [6, 6.07) is 21.8. The van der Waals surface area contributed by atoms with Crippen molar-refractivity contribution in [3.8, 4) is 0 Å².